The van der Waals surface area contributed by atoms with Gasteiger partial charge in [-0.2, -0.15) is 4.98 Å². The Bertz CT molecular complexity index is 954. The third-order valence-electron chi connectivity index (χ3n) is 3.90. The molecule has 0 amide bonds. The van der Waals surface area contributed by atoms with Crippen LogP contribution in [0.25, 0.3) is 16.9 Å². The molecule has 0 saturated carbocycles. The van der Waals surface area contributed by atoms with Gasteiger partial charge in [0, 0.05) is 32.0 Å². The van der Waals surface area contributed by atoms with Crippen molar-refractivity contribution in [1.29, 1.82) is 0 Å². The van der Waals surface area contributed by atoms with Crippen molar-refractivity contribution >= 4 is 16.9 Å². The van der Waals surface area contributed by atoms with Gasteiger partial charge in [0.1, 0.15) is 0 Å². The van der Waals surface area contributed by atoms with E-state index < -0.39 is 0 Å². The molecule has 0 bridgehead atoms. The molecule has 3 heterocycles. The molecule has 7 nitrogen and oxygen atoms in total. The summed E-state index contributed by atoms with van der Waals surface area (Å²) in [6.07, 6.45) is 2.89. The largest absolute Gasteiger partial charge is 0.332 e. The zero-order chi connectivity index (χ0) is 15.3. The molecule has 3 aromatic heterocycles. The van der Waals surface area contributed by atoms with Crippen LogP contribution in [0.2, 0.25) is 0 Å². The average molecular weight is 289 g/mol. The summed E-state index contributed by atoms with van der Waals surface area (Å²) in [6, 6.07) is 0. The van der Waals surface area contributed by atoms with Crippen LogP contribution in [-0.4, -0.2) is 23.1 Å². The summed E-state index contributed by atoms with van der Waals surface area (Å²) in [5, 5.41) is 0. The highest BCUT2D eigenvalue weighted by atomic mass is 16.2. The topological polar surface area (TPSA) is 66.2 Å². The Labute approximate surface area is 121 Å². The van der Waals surface area contributed by atoms with Crippen LogP contribution in [0.1, 0.15) is 26.0 Å². The first kappa shape index (κ1) is 13.7. The lowest BCUT2D eigenvalue weighted by Gasteiger charge is -2.05. The third-order valence-corrected chi connectivity index (χ3v) is 3.90. The van der Waals surface area contributed by atoms with Crippen LogP contribution in [-0.2, 0) is 20.1 Å². The molecule has 0 atom stereocenters. The summed E-state index contributed by atoms with van der Waals surface area (Å²) in [5.74, 6) is 0.713. The van der Waals surface area contributed by atoms with Crippen LogP contribution < -0.4 is 11.2 Å². The van der Waals surface area contributed by atoms with Crippen molar-refractivity contribution in [1.82, 2.24) is 23.1 Å². The van der Waals surface area contributed by atoms with Gasteiger partial charge < -0.3 is 4.57 Å². The zero-order valence-electron chi connectivity index (χ0n) is 12.8. The maximum Gasteiger partial charge on any atom is 0.332 e. The van der Waals surface area contributed by atoms with Crippen LogP contribution in [0, 0.1) is 6.92 Å². The molecule has 0 aliphatic carbocycles. The van der Waals surface area contributed by atoms with Gasteiger partial charge in [0.05, 0.1) is 0 Å². The van der Waals surface area contributed by atoms with E-state index in [1.165, 1.54) is 9.13 Å². The summed E-state index contributed by atoms with van der Waals surface area (Å²) in [6.45, 7) is 7.07. The lowest BCUT2D eigenvalue weighted by atomic mass is 10.4. The van der Waals surface area contributed by atoms with E-state index in [0.717, 1.165) is 18.7 Å². The van der Waals surface area contributed by atoms with E-state index in [-0.39, 0.29) is 11.2 Å². The first-order valence-corrected chi connectivity index (χ1v) is 7.19. The van der Waals surface area contributed by atoms with Crippen LogP contribution in [0.15, 0.2) is 15.8 Å². The Kier molecular flexibility index (Phi) is 3.00. The van der Waals surface area contributed by atoms with Gasteiger partial charge in [0.15, 0.2) is 11.2 Å². The molecule has 0 saturated heterocycles. The third kappa shape index (κ3) is 1.69. The average Bonchev–Trinajstić information content (AvgIpc) is 2.95. The van der Waals surface area contributed by atoms with E-state index in [1.807, 2.05) is 13.1 Å². The molecule has 0 aliphatic rings. The Morgan fingerprint density at radius 3 is 2.52 bits per heavy atom. The lowest BCUT2D eigenvalue weighted by molar-refractivity contribution is 0.636. The number of aromatic nitrogens is 5. The normalized spacial score (nSPS) is 11.8. The van der Waals surface area contributed by atoms with Gasteiger partial charge in [-0.05, 0) is 20.3 Å². The minimum atomic E-state index is -0.325. The van der Waals surface area contributed by atoms with E-state index in [9.17, 15) is 9.59 Å². The van der Waals surface area contributed by atoms with Crippen LogP contribution >= 0.6 is 0 Å². The highest BCUT2D eigenvalue weighted by Gasteiger charge is 2.19. The Morgan fingerprint density at radius 1 is 1.19 bits per heavy atom. The molecular formula is C14H19N5O2. The second-order valence-electron chi connectivity index (χ2n) is 5.27. The van der Waals surface area contributed by atoms with Gasteiger partial charge in [-0.25, -0.2) is 4.79 Å². The Balaban J connectivity index is 2.55. The second-order valence-corrected chi connectivity index (χ2v) is 5.27. The summed E-state index contributed by atoms with van der Waals surface area (Å²) in [5.41, 5.74) is 1.35. The number of rotatable bonds is 3. The number of hydrogen-bond acceptors (Lipinski definition) is 3. The number of hydrogen-bond donors (Lipinski definition) is 0. The molecule has 7 heteroatoms. The molecule has 21 heavy (non-hydrogen) atoms. The van der Waals surface area contributed by atoms with Crippen LogP contribution in [0.3, 0.4) is 0 Å². The van der Waals surface area contributed by atoms with E-state index in [2.05, 4.69) is 16.5 Å². The molecule has 0 fully saturated rings. The van der Waals surface area contributed by atoms with Crippen molar-refractivity contribution < 1.29 is 0 Å². The van der Waals surface area contributed by atoms with Crippen molar-refractivity contribution in [3.8, 4) is 0 Å². The molecule has 112 valence electrons. The summed E-state index contributed by atoms with van der Waals surface area (Å²) >= 11 is 0. The zero-order valence-corrected chi connectivity index (χ0v) is 12.8. The fraction of sp³-hybridized carbons (Fsp3) is 0.500. The van der Waals surface area contributed by atoms with Crippen molar-refractivity contribution in [3.05, 3.63) is 32.7 Å². The summed E-state index contributed by atoms with van der Waals surface area (Å²) < 4.78 is 6.55. The minimum Gasteiger partial charge on any atom is -0.314 e. The molecule has 0 N–H and O–H groups in total. The van der Waals surface area contributed by atoms with Crippen molar-refractivity contribution in [2.24, 2.45) is 7.05 Å². The maximum absolute atomic E-state index is 12.6. The number of fused-ring (bicyclic) bond motifs is 3. The molecule has 3 rings (SSSR count). The number of imidazole rings is 2. The number of aryl methyl sites for hydroxylation is 3. The van der Waals surface area contributed by atoms with Crippen molar-refractivity contribution in [2.75, 3.05) is 0 Å². The van der Waals surface area contributed by atoms with E-state index in [4.69, 9.17) is 0 Å². The molecule has 0 unspecified atom stereocenters. The molecule has 3 aromatic rings. The van der Waals surface area contributed by atoms with Crippen LogP contribution in [0.4, 0.5) is 0 Å². The summed E-state index contributed by atoms with van der Waals surface area (Å²) in [4.78, 5) is 29.3. The van der Waals surface area contributed by atoms with Gasteiger partial charge >= 0.3 is 5.69 Å². The first-order chi connectivity index (χ1) is 10.0. The molecule has 0 radical (unpaired) electrons. The standard InChI is InChI=1S/C14H19N5O2/c1-5-7-18-9(3)8-19-10-11(15-13(18)19)16(4)14(21)17(6-2)12(10)20/h8H,5-7H2,1-4H3. The molecule has 0 spiro atoms. The van der Waals surface area contributed by atoms with Gasteiger partial charge in [0.25, 0.3) is 5.56 Å². The monoisotopic (exact) mass is 289 g/mol. The first-order valence-electron chi connectivity index (χ1n) is 7.19. The Morgan fingerprint density at radius 2 is 1.90 bits per heavy atom. The fourth-order valence-corrected chi connectivity index (χ4v) is 2.83. The maximum atomic E-state index is 12.6. The predicted octanol–water partition coefficient (Wildman–Crippen LogP) is 0.888. The second kappa shape index (κ2) is 4.61. The van der Waals surface area contributed by atoms with E-state index in [0.29, 0.717) is 23.5 Å². The summed E-state index contributed by atoms with van der Waals surface area (Å²) in [7, 11) is 1.65. The SMILES string of the molecule is CCCn1c(C)cn2c3c(=O)n(CC)c(=O)n(C)c3nc12. The molecule has 0 aromatic carbocycles. The van der Waals surface area contributed by atoms with Gasteiger partial charge in [-0.15, -0.1) is 0 Å². The fourth-order valence-electron chi connectivity index (χ4n) is 2.83. The minimum absolute atomic E-state index is 0.281. The Hall–Kier alpha value is -2.31. The lowest BCUT2D eigenvalue weighted by Crippen LogP contribution is -2.38. The smallest absolute Gasteiger partial charge is 0.314 e. The van der Waals surface area contributed by atoms with Gasteiger partial charge in [-0.3, -0.25) is 18.3 Å². The van der Waals surface area contributed by atoms with Gasteiger partial charge in [-0.1, -0.05) is 6.92 Å². The van der Waals surface area contributed by atoms with Crippen molar-refractivity contribution in [2.45, 2.75) is 40.3 Å². The molecular weight excluding hydrogens is 270 g/mol. The van der Waals surface area contributed by atoms with Gasteiger partial charge in [0.2, 0.25) is 5.78 Å². The quantitative estimate of drug-likeness (QED) is 0.719. The number of nitrogens with zero attached hydrogens (tertiary/aromatic N) is 5. The predicted molar refractivity (Wildman–Crippen MR) is 80.9 cm³/mol. The van der Waals surface area contributed by atoms with Crippen molar-refractivity contribution in [3.63, 3.8) is 0 Å². The van der Waals surface area contributed by atoms with E-state index in [1.54, 1.807) is 18.4 Å². The van der Waals surface area contributed by atoms with Crippen LogP contribution in [0.5, 0.6) is 0 Å². The highest BCUT2D eigenvalue weighted by molar-refractivity contribution is 5.75. The van der Waals surface area contributed by atoms with E-state index >= 15 is 0 Å². The highest BCUT2D eigenvalue weighted by Crippen LogP contribution is 2.16. The molecule has 0 aliphatic heterocycles.